The van der Waals surface area contributed by atoms with Crippen molar-refractivity contribution in [3.63, 3.8) is 0 Å². The topological polar surface area (TPSA) is 39.5 Å². The van der Waals surface area contributed by atoms with Crippen LogP contribution in [-0.4, -0.2) is 48.1 Å². The Kier molecular flexibility index (Phi) is 5.41. The monoisotopic (exact) mass is 381 g/mol. The van der Waals surface area contributed by atoms with Crippen molar-refractivity contribution in [2.75, 3.05) is 27.4 Å². The van der Waals surface area contributed by atoms with E-state index in [1.165, 1.54) is 13.2 Å². The summed E-state index contributed by atoms with van der Waals surface area (Å²) in [7, 11) is 3.61. The minimum absolute atomic E-state index is 0.342. The predicted octanol–water partition coefficient (Wildman–Crippen LogP) is 3.91. The van der Waals surface area contributed by atoms with E-state index < -0.39 is 0 Å². The Balaban J connectivity index is 1.73. The fourth-order valence-electron chi connectivity index (χ4n) is 3.55. The Morgan fingerprint density at radius 1 is 1.25 bits per heavy atom. The number of methoxy groups -OCH3 is 1. The van der Waals surface area contributed by atoms with Gasteiger partial charge in [0.1, 0.15) is 17.3 Å². The predicted molar refractivity (Wildman–Crippen MR) is 106 cm³/mol. The molecule has 2 heterocycles. The van der Waals surface area contributed by atoms with Crippen LogP contribution in [0.2, 0.25) is 0 Å². The molecule has 0 amide bonds. The van der Waals surface area contributed by atoms with Crippen LogP contribution in [0.3, 0.4) is 0 Å². The zero-order chi connectivity index (χ0) is 19.5. The maximum Gasteiger partial charge on any atom is 0.136 e. The Morgan fingerprint density at radius 3 is 2.75 bits per heavy atom. The molecule has 1 saturated heterocycles. The van der Waals surface area contributed by atoms with E-state index in [4.69, 9.17) is 14.6 Å². The first-order valence-corrected chi connectivity index (χ1v) is 9.41. The van der Waals surface area contributed by atoms with Crippen LogP contribution in [0.4, 0.5) is 4.39 Å². The van der Waals surface area contributed by atoms with Crippen molar-refractivity contribution >= 4 is 0 Å². The molecule has 1 atom stereocenters. The van der Waals surface area contributed by atoms with Gasteiger partial charge < -0.3 is 9.47 Å². The van der Waals surface area contributed by atoms with Crippen molar-refractivity contribution < 1.29 is 13.9 Å². The number of nitrogens with zero attached hydrogens (tertiary/aromatic N) is 3. The van der Waals surface area contributed by atoms with Gasteiger partial charge in [0.15, 0.2) is 0 Å². The smallest absolute Gasteiger partial charge is 0.136 e. The lowest BCUT2D eigenvalue weighted by molar-refractivity contribution is 0.156. The largest absolute Gasteiger partial charge is 0.497 e. The lowest BCUT2D eigenvalue weighted by Crippen LogP contribution is -2.31. The molecule has 0 spiro atoms. The van der Waals surface area contributed by atoms with E-state index >= 15 is 0 Å². The molecule has 3 aromatic rings. The number of benzene rings is 2. The molecule has 146 valence electrons. The first kappa shape index (κ1) is 18.7. The van der Waals surface area contributed by atoms with Gasteiger partial charge in [-0.1, -0.05) is 18.2 Å². The molecule has 0 saturated carbocycles. The van der Waals surface area contributed by atoms with Crippen molar-refractivity contribution in [1.29, 1.82) is 0 Å². The quantitative estimate of drug-likeness (QED) is 0.649. The first-order valence-electron chi connectivity index (χ1n) is 9.41. The lowest BCUT2D eigenvalue weighted by Gasteiger charge is -2.22. The summed E-state index contributed by atoms with van der Waals surface area (Å²) in [6.07, 6.45) is 3.00. The average Bonchev–Trinajstić information content (AvgIpc) is 3.39. The number of hydrogen-bond donors (Lipinski definition) is 0. The summed E-state index contributed by atoms with van der Waals surface area (Å²) in [6, 6.07) is 15.1. The van der Waals surface area contributed by atoms with E-state index in [-0.39, 0.29) is 5.82 Å². The van der Waals surface area contributed by atoms with E-state index in [0.29, 0.717) is 29.6 Å². The van der Waals surface area contributed by atoms with Gasteiger partial charge in [-0.3, -0.25) is 4.90 Å². The maximum absolute atomic E-state index is 14.8. The summed E-state index contributed by atoms with van der Waals surface area (Å²) in [5, 5.41) is 4.72. The normalized spacial score (nSPS) is 16.6. The maximum atomic E-state index is 14.8. The van der Waals surface area contributed by atoms with E-state index in [9.17, 15) is 4.39 Å². The third kappa shape index (κ3) is 3.79. The van der Waals surface area contributed by atoms with E-state index in [0.717, 1.165) is 30.9 Å². The van der Waals surface area contributed by atoms with Crippen LogP contribution in [0.1, 0.15) is 12.0 Å². The highest BCUT2D eigenvalue weighted by Gasteiger charge is 2.23. The van der Waals surface area contributed by atoms with Gasteiger partial charge in [-0.15, -0.1) is 0 Å². The van der Waals surface area contributed by atoms with Crippen molar-refractivity contribution in [1.82, 2.24) is 14.7 Å². The molecular weight excluding hydrogens is 357 g/mol. The highest BCUT2D eigenvalue weighted by molar-refractivity contribution is 5.65. The zero-order valence-corrected chi connectivity index (χ0v) is 16.1. The van der Waals surface area contributed by atoms with E-state index in [2.05, 4.69) is 11.9 Å². The number of ether oxygens (including phenoxy) is 2. The Hall–Kier alpha value is -2.70. The van der Waals surface area contributed by atoms with Gasteiger partial charge in [-0.25, -0.2) is 9.07 Å². The fraction of sp³-hybridized carbons (Fsp3) is 0.318. The summed E-state index contributed by atoms with van der Waals surface area (Å²) in [4.78, 5) is 2.25. The molecule has 4 rings (SSSR count). The Bertz CT molecular complexity index is 936. The van der Waals surface area contributed by atoms with E-state index in [1.54, 1.807) is 12.1 Å². The number of aromatic nitrogens is 2. The van der Waals surface area contributed by atoms with Gasteiger partial charge in [0.25, 0.3) is 0 Å². The second kappa shape index (κ2) is 8.12. The average molecular weight is 381 g/mol. The molecule has 6 heteroatoms. The van der Waals surface area contributed by atoms with Crippen LogP contribution in [-0.2, 0) is 11.3 Å². The number of halogens is 1. The molecular formula is C22H24FN3O2. The van der Waals surface area contributed by atoms with Gasteiger partial charge in [-0.2, -0.15) is 5.10 Å². The van der Waals surface area contributed by atoms with Crippen molar-refractivity contribution in [3.8, 4) is 22.7 Å². The minimum atomic E-state index is -0.342. The van der Waals surface area contributed by atoms with Crippen LogP contribution >= 0.6 is 0 Å². The fourth-order valence-corrected chi connectivity index (χ4v) is 3.55. The summed E-state index contributed by atoms with van der Waals surface area (Å²) in [5.74, 6) is 0.149. The molecule has 28 heavy (non-hydrogen) atoms. The number of para-hydroxylation sites is 1. The highest BCUT2D eigenvalue weighted by Crippen LogP contribution is 2.30. The zero-order valence-electron chi connectivity index (χ0n) is 16.1. The second-order valence-electron chi connectivity index (χ2n) is 7.06. The van der Waals surface area contributed by atoms with Crippen LogP contribution in [0.15, 0.2) is 54.7 Å². The van der Waals surface area contributed by atoms with Gasteiger partial charge in [-0.05, 0) is 37.7 Å². The molecule has 5 nitrogen and oxygen atoms in total. The van der Waals surface area contributed by atoms with Gasteiger partial charge in [0.05, 0.1) is 19.4 Å². The number of rotatable bonds is 6. The van der Waals surface area contributed by atoms with Crippen LogP contribution in [0, 0.1) is 5.82 Å². The van der Waals surface area contributed by atoms with Crippen molar-refractivity contribution in [2.45, 2.75) is 19.0 Å². The molecule has 0 bridgehead atoms. The first-order chi connectivity index (χ1) is 13.7. The van der Waals surface area contributed by atoms with Crippen LogP contribution in [0.5, 0.6) is 5.75 Å². The standard InChI is InChI=1S/C22H24FN3O2/c1-25(18-10-11-28-15-18)13-16-14-26(17-6-4-3-5-7-17)24-22(16)20-9-8-19(27-2)12-21(20)23/h3-9,12,14,18H,10-11,13,15H2,1-2H3/t18-/m1/s1. The molecule has 1 aliphatic rings. The van der Waals surface area contributed by atoms with Gasteiger partial charge in [0, 0.05) is 42.6 Å². The molecule has 1 aromatic heterocycles. The molecule has 2 aromatic carbocycles. The van der Waals surface area contributed by atoms with Crippen LogP contribution in [0.25, 0.3) is 16.9 Å². The van der Waals surface area contributed by atoms with Gasteiger partial charge >= 0.3 is 0 Å². The highest BCUT2D eigenvalue weighted by atomic mass is 19.1. The molecule has 1 aliphatic heterocycles. The Morgan fingerprint density at radius 2 is 2.07 bits per heavy atom. The summed E-state index contributed by atoms with van der Waals surface area (Å²) < 4.78 is 27.3. The van der Waals surface area contributed by atoms with Crippen LogP contribution < -0.4 is 4.74 Å². The SMILES string of the molecule is COc1ccc(-c2nn(-c3ccccc3)cc2CN(C)[C@@H]2CCOC2)c(F)c1. The summed E-state index contributed by atoms with van der Waals surface area (Å²) in [5.41, 5.74) is 3.04. The molecule has 0 unspecified atom stereocenters. The molecule has 0 aliphatic carbocycles. The lowest BCUT2D eigenvalue weighted by atomic mass is 10.1. The van der Waals surface area contributed by atoms with Gasteiger partial charge in [0.2, 0.25) is 0 Å². The molecule has 0 N–H and O–H groups in total. The molecule has 1 fully saturated rings. The third-order valence-corrected chi connectivity index (χ3v) is 5.19. The summed E-state index contributed by atoms with van der Waals surface area (Å²) >= 11 is 0. The Labute approximate surface area is 164 Å². The number of hydrogen-bond acceptors (Lipinski definition) is 4. The minimum Gasteiger partial charge on any atom is -0.497 e. The number of likely N-dealkylation sites (N-methyl/N-ethyl adjacent to an activating group) is 1. The van der Waals surface area contributed by atoms with Crippen molar-refractivity contribution in [3.05, 3.63) is 66.1 Å². The molecule has 0 radical (unpaired) electrons. The van der Waals surface area contributed by atoms with Crippen molar-refractivity contribution in [2.24, 2.45) is 0 Å². The summed E-state index contributed by atoms with van der Waals surface area (Å²) in [6.45, 7) is 2.19. The second-order valence-corrected chi connectivity index (χ2v) is 7.06. The third-order valence-electron chi connectivity index (χ3n) is 5.19. The van der Waals surface area contributed by atoms with E-state index in [1.807, 2.05) is 41.2 Å².